The molecule has 1 amide bonds. The van der Waals surface area contributed by atoms with Crippen LogP contribution < -0.4 is 10.6 Å². The van der Waals surface area contributed by atoms with Crippen molar-refractivity contribution in [1.82, 2.24) is 10.6 Å². The normalized spacial score (nSPS) is 19.0. The van der Waals surface area contributed by atoms with E-state index in [-0.39, 0.29) is 30.7 Å². The number of rotatable bonds is 11. The third-order valence-electron chi connectivity index (χ3n) is 6.15. The third kappa shape index (κ3) is 7.58. The molecule has 3 rings (SSSR count). The van der Waals surface area contributed by atoms with Gasteiger partial charge in [-0.15, -0.1) is 0 Å². The molecule has 0 aromatic heterocycles. The summed E-state index contributed by atoms with van der Waals surface area (Å²) < 4.78 is 51.5. The van der Waals surface area contributed by atoms with E-state index >= 15 is 0 Å². The molecule has 2 aromatic rings. The molecule has 1 saturated heterocycles. The molecular weight excluding hydrogens is 462 g/mol. The molecule has 3 N–H and O–H groups in total. The van der Waals surface area contributed by atoms with Crippen LogP contribution in [0, 0.1) is 11.6 Å². The number of sulfone groups is 1. The first-order valence-corrected chi connectivity index (χ1v) is 13.3. The van der Waals surface area contributed by atoms with Gasteiger partial charge in [0.25, 0.3) is 0 Å². The highest BCUT2D eigenvalue weighted by Crippen LogP contribution is 2.23. The van der Waals surface area contributed by atoms with Crippen molar-refractivity contribution < 1.29 is 27.1 Å². The number of benzene rings is 2. The highest BCUT2D eigenvalue weighted by atomic mass is 32.2. The number of amides is 1. The number of halogens is 2. The lowest BCUT2D eigenvalue weighted by Gasteiger charge is -2.25. The molecule has 2 aromatic carbocycles. The number of carbonyl (C=O) groups excluding carboxylic acids is 1. The Labute approximate surface area is 199 Å². The average molecular weight is 495 g/mol. The maximum absolute atomic E-state index is 13.7. The van der Waals surface area contributed by atoms with Crippen molar-refractivity contribution in [3.05, 3.63) is 70.8 Å². The first-order valence-electron chi connectivity index (χ1n) is 11.6. The molecule has 1 aliphatic heterocycles. The van der Waals surface area contributed by atoms with Gasteiger partial charge in [-0.3, -0.25) is 4.79 Å². The number of carbonyl (C=O) groups is 1. The summed E-state index contributed by atoms with van der Waals surface area (Å²) >= 11 is 0. The van der Waals surface area contributed by atoms with Crippen molar-refractivity contribution in [2.75, 3.05) is 12.3 Å². The highest BCUT2D eigenvalue weighted by molar-refractivity contribution is 7.92. The second-order valence-corrected chi connectivity index (χ2v) is 11.3. The van der Waals surface area contributed by atoms with Gasteiger partial charge in [0.05, 0.1) is 23.1 Å². The van der Waals surface area contributed by atoms with Crippen LogP contribution in [0.4, 0.5) is 8.78 Å². The zero-order valence-corrected chi connectivity index (χ0v) is 20.1. The Bertz CT molecular complexity index is 1070. The van der Waals surface area contributed by atoms with E-state index in [9.17, 15) is 27.1 Å². The highest BCUT2D eigenvalue weighted by Gasteiger charge is 2.34. The summed E-state index contributed by atoms with van der Waals surface area (Å²) in [7, 11) is -3.29. The van der Waals surface area contributed by atoms with E-state index in [1.807, 2.05) is 18.2 Å². The lowest BCUT2D eigenvalue weighted by atomic mass is 10.00. The Balaban J connectivity index is 1.66. The fraction of sp³-hybridized carbons (Fsp3) is 0.480. The average Bonchev–Trinajstić information content (AvgIpc) is 3.10. The van der Waals surface area contributed by atoms with Crippen molar-refractivity contribution in [1.29, 1.82) is 0 Å². The topological polar surface area (TPSA) is 95.5 Å². The second-order valence-electron chi connectivity index (χ2n) is 8.86. The van der Waals surface area contributed by atoms with Crippen LogP contribution in [-0.2, 0) is 34.0 Å². The first kappa shape index (κ1) is 26.2. The lowest BCUT2D eigenvalue weighted by molar-refractivity contribution is -0.122. The minimum atomic E-state index is -3.29. The SMILES string of the molecule is CCc1cccc(CNCC(O)C(Cc2cc(F)cc(F)c2)NC(=O)CC2CCCS2(=O)=O)c1. The maximum atomic E-state index is 13.7. The molecule has 34 heavy (non-hydrogen) atoms. The fourth-order valence-corrected chi connectivity index (χ4v) is 6.13. The lowest BCUT2D eigenvalue weighted by Crippen LogP contribution is -2.49. The third-order valence-corrected chi connectivity index (χ3v) is 8.42. The van der Waals surface area contributed by atoms with Gasteiger partial charge >= 0.3 is 0 Å². The molecule has 3 unspecified atom stereocenters. The summed E-state index contributed by atoms with van der Waals surface area (Å²) in [5.74, 6) is -1.93. The standard InChI is InChI=1S/C25H32F2N2O4S/c1-2-17-5-3-6-18(9-17)15-28-16-24(30)23(12-19-10-20(26)13-21(27)11-19)29-25(31)14-22-7-4-8-34(22,32)33/h3,5-6,9-11,13,22-24,28,30H,2,4,7-8,12,14-16H2,1H3,(H,29,31). The van der Waals surface area contributed by atoms with Crippen LogP contribution in [0.25, 0.3) is 0 Å². The summed E-state index contributed by atoms with van der Waals surface area (Å²) in [5.41, 5.74) is 2.52. The van der Waals surface area contributed by atoms with Gasteiger partial charge < -0.3 is 15.7 Å². The van der Waals surface area contributed by atoms with Gasteiger partial charge in [0.1, 0.15) is 11.6 Å². The van der Waals surface area contributed by atoms with Crippen molar-refractivity contribution in [3.63, 3.8) is 0 Å². The molecule has 0 saturated carbocycles. The van der Waals surface area contributed by atoms with E-state index in [4.69, 9.17) is 0 Å². The van der Waals surface area contributed by atoms with Gasteiger partial charge in [0.15, 0.2) is 9.84 Å². The maximum Gasteiger partial charge on any atom is 0.221 e. The molecule has 1 fully saturated rings. The molecule has 0 bridgehead atoms. The van der Waals surface area contributed by atoms with E-state index < -0.39 is 44.8 Å². The molecule has 0 radical (unpaired) electrons. The Morgan fingerprint density at radius 2 is 1.82 bits per heavy atom. The van der Waals surface area contributed by atoms with Crippen LogP contribution >= 0.6 is 0 Å². The number of aliphatic hydroxyl groups excluding tert-OH is 1. The van der Waals surface area contributed by atoms with E-state index in [1.165, 1.54) is 5.56 Å². The van der Waals surface area contributed by atoms with Crippen molar-refractivity contribution in [2.24, 2.45) is 0 Å². The number of hydrogen-bond donors (Lipinski definition) is 3. The molecular formula is C25H32F2N2O4S. The Kier molecular flexibility index (Phi) is 9.16. The predicted octanol–water partition coefficient (Wildman–Crippen LogP) is 2.67. The molecule has 1 aliphatic rings. The van der Waals surface area contributed by atoms with Gasteiger partial charge in [-0.25, -0.2) is 17.2 Å². The monoisotopic (exact) mass is 494 g/mol. The molecule has 186 valence electrons. The van der Waals surface area contributed by atoms with Crippen LogP contribution in [0.3, 0.4) is 0 Å². The van der Waals surface area contributed by atoms with Gasteiger partial charge in [-0.2, -0.15) is 0 Å². The quantitative estimate of drug-likeness (QED) is 0.447. The molecule has 0 aliphatic carbocycles. The number of hydrogen-bond acceptors (Lipinski definition) is 5. The van der Waals surface area contributed by atoms with Crippen molar-refractivity contribution >= 4 is 15.7 Å². The van der Waals surface area contributed by atoms with Gasteiger partial charge in [0, 0.05) is 25.6 Å². The van der Waals surface area contributed by atoms with Gasteiger partial charge in [0.2, 0.25) is 5.91 Å². The van der Waals surface area contributed by atoms with Crippen LogP contribution in [0.5, 0.6) is 0 Å². The molecule has 9 heteroatoms. The zero-order valence-electron chi connectivity index (χ0n) is 19.3. The molecule has 3 atom stereocenters. The zero-order chi connectivity index (χ0) is 24.7. The fourth-order valence-electron chi connectivity index (χ4n) is 4.29. The minimum Gasteiger partial charge on any atom is -0.390 e. The summed E-state index contributed by atoms with van der Waals surface area (Å²) in [4.78, 5) is 12.6. The van der Waals surface area contributed by atoms with E-state index in [0.29, 0.717) is 19.4 Å². The first-order chi connectivity index (χ1) is 16.2. The number of aliphatic hydroxyl groups is 1. The Hall–Kier alpha value is -2.36. The van der Waals surface area contributed by atoms with E-state index in [2.05, 4.69) is 23.6 Å². The smallest absolute Gasteiger partial charge is 0.221 e. The summed E-state index contributed by atoms with van der Waals surface area (Å²) in [6.45, 7) is 2.69. The van der Waals surface area contributed by atoms with Gasteiger partial charge in [-0.05, 0) is 54.5 Å². The van der Waals surface area contributed by atoms with E-state index in [0.717, 1.165) is 30.2 Å². The van der Waals surface area contributed by atoms with Crippen LogP contribution in [0.1, 0.15) is 42.9 Å². The molecule has 0 spiro atoms. The minimum absolute atomic E-state index is 0.00793. The molecule has 6 nitrogen and oxygen atoms in total. The Morgan fingerprint density at radius 3 is 2.47 bits per heavy atom. The largest absolute Gasteiger partial charge is 0.390 e. The summed E-state index contributed by atoms with van der Waals surface area (Å²) in [6, 6.07) is 10.2. The van der Waals surface area contributed by atoms with Crippen LogP contribution in [0.15, 0.2) is 42.5 Å². The number of nitrogens with one attached hydrogen (secondary N) is 2. The van der Waals surface area contributed by atoms with Crippen molar-refractivity contribution in [2.45, 2.75) is 63.0 Å². The summed E-state index contributed by atoms with van der Waals surface area (Å²) in [6.07, 6.45) is 0.594. The number of aryl methyl sites for hydroxylation is 1. The predicted molar refractivity (Wildman–Crippen MR) is 127 cm³/mol. The van der Waals surface area contributed by atoms with Crippen molar-refractivity contribution in [3.8, 4) is 0 Å². The second kappa shape index (κ2) is 11.9. The van der Waals surface area contributed by atoms with E-state index in [1.54, 1.807) is 0 Å². The summed E-state index contributed by atoms with van der Waals surface area (Å²) in [5, 5.41) is 15.9. The Morgan fingerprint density at radius 1 is 1.12 bits per heavy atom. The van der Waals surface area contributed by atoms with Gasteiger partial charge in [-0.1, -0.05) is 31.2 Å². The van der Waals surface area contributed by atoms with Crippen LogP contribution in [0.2, 0.25) is 0 Å². The molecule has 1 heterocycles. The van der Waals surface area contributed by atoms with Crippen LogP contribution in [-0.4, -0.2) is 49.1 Å².